The van der Waals surface area contributed by atoms with Gasteiger partial charge in [-0.3, -0.25) is 0 Å². The van der Waals surface area contributed by atoms with Crippen molar-refractivity contribution in [2.24, 2.45) is 5.90 Å². The molecule has 0 radical (unpaired) electrons. The van der Waals surface area contributed by atoms with E-state index in [-0.39, 0.29) is 5.76 Å². The molecule has 0 aromatic carbocycles. The van der Waals surface area contributed by atoms with Crippen LogP contribution in [0.15, 0.2) is 12.3 Å². The molecule has 0 aromatic heterocycles. The van der Waals surface area contributed by atoms with Crippen LogP contribution in [0.1, 0.15) is 0 Å². The zero-order valence-corrected chi connectivity index (χ0v) is 4.51. The Kier molecular flexibility index (Phi) is 2.72. The molecule has 0 unspecified atom stereocenters. The third kappa shape index (κ3) is 1.66. The molecule has 5 heteroatoms. The maximum atomic E-state index is 10.2. The lowest BCUT2D eigenvalue weighted by Crippen LogP contribution is -2.10. The van der Waals surface area contributed by atoms with Crippen LogP contribution < -0.4 is 5.90 Å². The summed E-state index contributed by atoms with van der Waals surface area (Å²) >= 11 is 0. The van der Waals surface area contributed by atoms with E-state index in [1.807, 2.05) is 0 Å². The highest BCUT2D eigenvalue weighted by Gasteiger charge is 2.03. The third-order valence-corrected chi connectivity index (χ3v) is 0.555. The zero-order valence-electron chi connectivity index (χ0n) is 4.51. The molecule has 8 heavy (non-hydrogen) atoms. The third-order valence-electron chi connectivity index (χ3n) is 0.555. The van der Waals surface area contributed by atoms with E-state index < -0.39 is 5.97 Å². The van der Waals surface area contributed by atoms with Crippen LogP contribution in [0.25, 0.3) is 0 Å². The fraction of sp³-hybridized carbons (Fsp3) is 0. The molecule has 0 bridgehead atoms. The highest BCUT2D eigenvalue weighted by Crippen LogP contribution is 1.88. The molecule has 0 saturated heterocycles. The molecule has 0 saturated carbocycles. The van der Waals surface area contributed by atoms with Gasteiger partial charge in [-0.2, -0.15) is 5.90 Å². The number of rotatable bonds is 2. The predicted molar refractivity (Wildman–Crippen MR) is 29.0 cm³/mol. The maximum Gasteiger partial charge on any atom is 0.357 e. The van der Waals surface area contributed by atoms with E-state index in [0.717, 1.165) is 0 Å². The summed E-state index contributed by atoms with van der Waals surface area (Å²) in [4.78, 5) is 14.1. The van der Waals surface area contributed by atoms with Gasteiger partial charge in [0, 0.05) is 0 Å². The second kappa shape index (κ2) is 3.09. The second-order valence-electron chi connectivity index (χ2n) is 1.03. The van der Waals surface area contributed by atoms with Crippen LogP contribution in [0.5, 0.6) is 0 Å². The van der Waals surface area contributed by atoms with Crippen molar-refractivity contribution in [1.82, 2.24) is 0 Å². The number of hydrogen-bond donors (Lipinski definition) is 1. The first-order valence-electron chi connectivity index (χ1n) is 1.86. The summed E-state index contributed by atoms with van der Waals surface area (Å²) < 4.78 is 4.16. The Morgan fingerprint density at radius 3 is 2.38 bits per heavy atom. The summed E-state index contributed by atoms with van der Waals surface area (Å²) in [6.07, 6.45) is 0. The van der Waals surface area contributed by atoms with Crippen LogP contribution in [0.2, 0.25) is 0 Å². The van der Waals surface area contributed by atoms with Crippen LogP contribution in [-0.2, 0) is 14.3 Å². The zero-order chi connectivity index (χ0) is 6.57. The normalized spacial score (nSPS) is 7.62. The molecule has 0 aliphatic carbocycles. The molecule has 0 fully saturated rings. The molecule has 0 amide bonds. The van der Waals surface area contributed by atoms with Crippen molar-refractivity contribution in [2.45, 2.75) is 0 Å². The van der Waals surface area contributed by atoms with Crippen molar-refractivity contribution in [3.63, 3.8) is 0 Å². The van der Waals surface area contributed by atoms with Crippen LogP contribution in [0, 0.1) is 0 Å². The van der Waals surface area contributed by atoms with Gasteiger partial charge in [-0.25, -0.2) is 4.79 Å². The summed E-state index contributed by atoms with van der Waals surface area (Å²) in [6, 6.07) is 0. The largest absolute Gasteiger partial charge is 0.538 e. The van der Waals surface area contributed by atoms with Crippen LogP contribution in [0.4, 0.5) is 0 Å². The molecular weight excluding hydrogens is 109 g/mol. The van der Waals surface area contributed by atoms with Crippen LogP contribution in [-0.4, -0.2) is 14.0 Å². The smallest absolute Gasteiger partial charge is 0.357 e. The van der Waals surface area contributed by atoms with Gasteiger partial charge in [0.15, 0.2) is 0 Å². The standard InChI is InChI=1S/C3H6BNO3/c1-2(8-5)3(6)7-4/h1,4-5H2. The minimum Gasteiger partial charge on any atom is -0.538 e. The lowest BCUT2D eigenvalue weighted by molar-refractivity contribution is -0.133. The van der Waals surface area contributed by atoms with Gasteiger partial charge < -0.3 is 9.49 Å². The fourth-order valence-electron chi connectivity index (χ4n) is 0.162. The van der Waals surface area contributed by atoms with Gasteiger partial charge in [0.2, 0.25) is 5.76 Å². The number of carbonyl (C=O) groups is 1. The Balaban J connectivity index is 3.64. The fourth-order valence-corrected chi connectivity index (χ4v) is 0.162. The number of hydrogen-bond acceptors (Lipinski definition) is 4. The Hall–Kier alpha value is -0.965. The Morgan fingerprint density at radius 2 is 2.25 bits per heavy atom. The lowest BCUT2D eigenvalue weighted by Gasteiger charge is -1.97. The average Bonchev–Trinajstić information content (AvgIpc) is 1.84. The van der Waals surface area contributed by atoms with E-state index >= 15 is 0 Å². The number of nitrogens with two attached hydrogens (primary N) is 1. The molecule has 0 atom stereocenters. The van der Waals surface area contributed by atoms with Gasteiger partial charge in [-0.05, 0) is 6.58 Å². The van der Waals surface area contributed by atoms with Crippen molar-refractivity contribution in [3.8, 4) is 0 Å². The van der Waals surface area contributed by atoms with Crippen LogP contribution in [0.3, 0.4) is 0 Å². The van der Waals surface area contributed by atoms with Crippen molar-refractivity contribution in [1.29, 1.82) is 0 Å². The minimum atomic E-state index is -0.660. The van der Waals surface area contributed by atoms with Gasteiger partial charge in [-0.1, -0.05) is 0 Å². The van der Waals surface area contributed by atoms with E-state index in [4.69, 9.17) is 0 Å². The summed E-state index contributed by atoms with van der Waals surface area (Å²) in [5.74, 6) is 3.69. The van der Waals surface area contributed by atoms with E-state index in [9.17, 15) is 4.79 Å². The molecule has 0 heterocycles. The van der Waals surface area contributed by atoms with Gasteiger partial charge in [0.25, 0.3) is 0 Å². The Labute approximate surface area is 47.6 Å². The minimum absolute atomic E-state index is 0.201. The average molecular weight is 115 g/mol. The highest BCUT2D eigenvalue weighted by atomic mass is 16.6. The molecule has 4 nitrogen and oxygen atoms in total. The van der Waals surface area contributed by atoms with Crippen molar-refractivity contribution in [2.75, 3.05) is 0 Å². The summed E-state index contributed by atoms with van der Waals surface area (Å²) in [5.41, 5.74) is 0. The van der Waals surface area contributed by atoms with E-state index in [0.29, 0.717) is 0 Å². The van der Waals surface area contributed by atoms with Crippen molar-refractivity contribution in [3.05, 3.63) is 12.3 Å². The quantitative estimate of drug-likeness (QED) is 0.205. The van der Waals surface area contributed by atoms with E-state index in [1.54, 1.807) is 0 Å². The Morgan fingerprint density at radius 1 is 1.75 bits per heavy atom. The molecule has 0 aliphatic heterocycles. The van der Waals surface area contributed by atoms with E-state index in [1.165, 1.54) is 8.05 Å². The van der Waals surface area contributed by atoms with Crippen molar-refractivity contribution < 1.29 is 14.3 Å². The molecule has 0 aliphatic rings. The molecule has 2 N–H and O–H groups in total. The number of carbonyl (C=O) groups excluding carboxylic acids is 1. The first kappa shape index (κ1) is 7.03. The maximum absolute atomic E-state index is 10.2. The molecule has 0 rings (SSSR count). The predicted octanol–water partition coefficient (Wildman–Crippen LogP) is -1.52. The van der Waals surface area contributed by atoms with Gasteiger partial charge in [0.1, 0.15) is 0 Å². The molecule has 0 aromatic rings. The Bertz CT molecular complexity index is 99.1. The van der Waals surface area contributed by atoms with Gasteiger partial charge in [0.05, 0.1) is 0 Å². The van der Waals surface area contributed by atoms with Gasteiger partial charge in [-0.15, -0.1) is 0 Å². The molecular formula is C3H6BNO3. The highest BCUT2D eigenvalue weighted by molar-refractivity contribution is 6.08. The lowest BCUT2D eigenvalue weighted by atomic mass is 10.5. The molecule has 0 spiro atoms. The summed E-state index contributed by atoms with van der Waals surface area (Å²) in [6.45, 7) is 3.12. The summed E-state index contributed by atoms with van der Waals surface area (Å²) in [5, 5.41) is 0. The second-order valence-corrected chi connectivity index (χ2v) is 1.03. The summed E-state index contributed by atoms with van der Waals surface area (Å²) in [7, 11) is 1.21. The van der Waals surface area contributed by atoms with Crippen molar-refractivity contribution >= 4 is 14.0 Å². The van der Waals surface area contributed by atoms with Crippen LogP contribution >= 0.6 is 0 Å². The molecule has 44 valence electrons. The first-order chi connectivity index (χ1) is 3.72. The first-order valence-corrected chi connectivity index (χ1v) is 1.86. The van der Waals surface area contributed by atoms with Gasteiger partial charge >= 0.3 is 14.0 Å². The van der Waals surface area contributed by atoms with E-state index in [2.05, 4.69) is 22.0 Å². The topological polar surface area (TPSA) is 61.5 Å². The monoisotopic (exact) mass is 115 g/mol. The SMILES string of the molecule is BOC(=O)C(=C)ON.